The lowest BCUT2D eigenvalue weighted by Gasteiger charge is -2.32. The quantitative estimate of drug-likeness (QED) is 0.879. The number of nitrogens with one attached hydrogen (secondary N) is 1. The van der Waals surface area contributed by atoms with Gasteiger partial charge in [0.2, 0.25) is 0 Å². The van der Waals surface area contributed by atoms with E-state index in [9.17, 15) is 9.59 Å². The molecule has 1 saturated heterocycles. The molecule has 0 saturated carbocycles. The van der Waals surface area contributed by atoms with Crippen molar-refractivity contribution in [3.63, 3.8) is 0 Å². The number of alkyl carbamates (subject to hydrolysis) is 1. The number of carbonyl (C=O) groups is 2. The number of hydrogen-bond acceptors (Lipinski definition) is 6. The van der Waals surface area contributed by atoms with Gasteiger partial charge in [-0.3, -0.25) is 4.79 Å². The molecule has 1 aromatic heterocycles. The Kier molecular flexibility index (Phi) is 5.00. The SMILES string of the molecule is CCOC(=O)NC1CCCN(C(=O)c2sc(N)nc2C)C1. The highest BCUT2D eigenvalue weighted by atomic mass is 32.1. The van der Waals surface area contributed by atoms with Gasteiger partial charge in [-0.2, -0.15) is 0 Å². The van der Waals surface area contributed by atoms with Crippen LogP contribution in [0.5, 0.6) is 0 Å². The largest absolute Gasteiger partial charge is 0.450 e. The zero-order valence-electron chi connectivity index (χ0n) is 12.2. The van der Waals surface area contributed by atoms with Gasteiger partial charge in [-0.1, -0.05) is 11.3 Å². The number of nitrogens with zero attached hydrogens (tertiary/aromatic N) is 2. The van der Waals surface area contributed by atoms with Crippen LogP contribution in [0.15, 0.2) is 0 Å². The van der Waals surface area contributed by atoms with Crippen molar-refractivity contribution in [3.8, 4) is 0 Å². The number of piperidine rings is 1. The Morgan fingerprint density at radius 3 is 2.95 bits per heavy atom. The molecule has 21 heavy (non-hydrogen) atoms. The van der Waals surface area contributed by atoms with Crippen LogP contribution < -0.4 is 11.1 Å². The summed E-state index contributed by atoms with van der Waals surface area (Å²) >= 11 is 1.20. The molecule has 0 bridgehead atoms. The van der Waals surface area contributed by atoms with Crippen LogP contribution in [0.25, 0.3) is 0 Å². The lowest BCUT2D eigenvalue weighted by Crippen LogP contribution is -2.49. The first-order chi connectivity index (χ1) is 10.0. The number of nitrogen functional groups attached to an aromatic ring is 1. The lowest BCUT2D eigenvalue weighted by molar-refractivity contribution is 0.0690. The number of aryl methyl sites for hydroxylation is 1. The Bertz CT molecular complexity index is 531. The van der Waals surface area contributed by atoms with Crippen molar-refractivity contribution in [2.45, 2.75) is 32.7 Å². The summed E-state index contributed by atoms with van der Waals surface area (Å²) in [6.07, 6.45) is 1.25. The van der Waals surface area contributed by atoms with Crippen molar-refractivity contribution in [2.75, 3.05) is 25.4 Å². The number of nitrogens with two attached hydrogens (primary N) is 1. The summed E-state index contributed by atoms with van der Waals surface area (Å²) in [4.78, 5) is 30.3. The fourth-order valence-electron chi connectivity index (χ4n) is 2.38. The van der Waals surface area contributed by atoms with Crippen molar-refractivity contribution in [3.05, 3.63) is 10.6 Å². The van der Waals surface area contributed by atoms with Crippen LogP contribution in [-0.4, -0.2) is 47.6 Å². The Balaban J connectivity index is 1.99. The van der Waals surface area contributed by atoms with Gasteiger partial charge in [0.25, 0.3) is 5.91 Å². The van der Waals surface area contributed by atoms with Crippen molar-refractivity contribution in [1.29, 1.82) is 0 Å². The fraction of sp³-hybridized carbons (Fsp3) is 0.615. The molecular formula is C13H20N4O3S. The zero-order valence-corrected chi connectivity index (χ0v) is 13.0. The molecule has 0 aliphatic carbocycles. The average molecular weight is 312 g/mol. The average Bonchev–Trinajstić information content (AvgIpc) is 2.77. The van der Waals surface area contributed by atoms with Crippen LogP contribution in [0.4, 0.5) is 9.93 Å². The number of amides is 2. The molecule has 1 aromatic rings. The van der Waals surface area contributed by atoms with E-state index >= 15 is 0 Å². The van der Waals surface area contributed by atoms with Gasteiger partial charge in [0, 0.05) is 19.1 Å². The van der Waals surface area contributed by atoms with Crippen molar-refractivity contribution >= 4 is 28.5 Å². The second-order valence-electron chi connectivity index (χ2n) is 4.92. The van der Waals surface area contributed by atoms with Crippen LogP contribution in [0.3, 0.4) is 0 Å². The summed E-state index contributed by atoms with van der Waals surface area (Å²) in [6, 6.07) is -0.0766. The summed E-state index contributed by atoms with van der Waals surface area (Å²) in [5.74, 6) is -0.0722. The summed E-state index contributed by atoms with van der Waals surface area (Å²) in [5.41, 5.74) is 6.29. The molecule has 1 fully saturated rings. The smallest absolute Gasteiger partial charge is 0.407 e. The van der Waals surface area contributed by atoms with E-state index in [1.54, 1.807) is 18.7 Å². The summed E-state index contributed by atoms with van der Waals surface area (Å²) in [6.45, 7) is 5.03. The van der Waals surface area contributed by atoms with E-state index in [1.165, 1.54) is 11.3 Å². The van der Waals surface area contributed by atoms with Crippen LogP contribution in [-0.2, 0) is 4.74 Å². The first-order valence-corrected chi connectivity index (χ1v) is 7.78. The van der Waals surface area contributed by atoms with Gasteiger partial charge in [-0.25, -0.2) is 9.78 Å². The molecular weight excluding hydrogens is 292 g/mol. The van der Waals surface area contributed by atoms with E-state index in [-0.39, 0.29) is 11.9 Å². The second-order valence-corrected chi connectivity index (χ2v) is 5.95. The third-order valence-electron chi connectivity index (χ3n) is 3.31. The normalized spacial score (nSPS) is 18.4. The monoisotopic (exact) mass is 312 g/mol. The van der Waals surface area contributed by atoms with Gasteiger partial charge in [0.15, 0.2) is 5.13 Å². The number of rotatable bonds is 3. The van der Waals surface area contributed by atoms with Crippen LogP contribution in [0.1, 0.15) is 35.1 Å². The molecule has 2 rings (SSSR count). The topological polar surface area (TPSA) is 97.5 Å². The Labute approximate surface area is 127 Å². The molecule has 0 spiro atoms. The van der Waals surface area contributed by atoms with Crippen LogP contribution in [0.2, 0.25) is 0 Å². The molecule has 2 amide bonds. The zero-order chi connectivity index (χ0) is 15.4. The van der Waals surface area contributed by atoms with E-state index in [1.807, 2.05) is 0 Å². The van der Waals surface area contributed by atoms with E-state index in [2.05, 4.69) is 10.3 Å². The summed E-state index contributed by atoms with van der Waals surface area (Å²) in [7, 11) is 0. The molecule has 116 valence electrons. The van der Waals surface area contributed by atoms with Crippen LogP contribution >= 0.6 is 11.3 Å². The van der Waals surface area contributed by atoms with Gasteiger partial charge in [0.1, 0.15) is 4.88 Å². The Morgan fingerprint density at radius 2 is 2.33 bits per heavy atom. The predicted molar refractivity (Wildman–Crippen MR) is 80.3 cm³/mol. The van der Waals surface area contributed by atoms with Crippen LogP contribution in [0, 0.1) is 6.92 Å². The number of hydrogen-bond donors (Lipinski definition) is 2. The molecule has 3 N–H and O–H groups in total. The van der Waals surface area contributed by atoms with Gasteiger partial charge < -0.3 is 20.7 Å². The van der Waals surface area contributed by atoms with Crippen molar-refractivity contribution in [2.24, 2.45) is 0 Å². The molecule has 2 heterocycles. The number of likely N-dealkylation sites (tertiary alicyclic amines) is 1. The van der Waals surface area contributed by atoms with Crippen molar-refractivity contribution < 1.29 is 14.3 Å². The van der Waals surface area contributed by atoms with Gasteiger partial charge in [-0.15, -0.1) is 0 Å². The van der Waals surface area contributed by atoms with Crippen molar-refractivity contribution in [1.82, 2.24) is 15.2 Å². The lowest BCUT2D eigenvalue weighted by atomic mass is 10.1. The maximum Gasteiger partial charge on any atom is 0.407 e. The highest BCUT2D eigenvalue weighted by Crippen LogP contribution is 2.23. The molecule has 1 unspecified atom stereocenters. The third kappa shape index (κ3) is 3.84. The maximum absolute atomic E-state index is 12.5. The molecule has 1 aliphatic rings. The fourth-order valence-corrected chi connectivity index (χ4v) is 3.18. The molecule has 0 aromatic carbocycles. The number of carbonyl (C=O) groups excluding carboxylic acids is 2. The standard InChI is InChI=1S/C13H20N4O3S/c1-3-20-13(19)16-9-5-4-6-17(7-9)11(18)10-8(2)15-12(14)21-10/h9H,3-7H2,1-2H3,(H2,14,15)(H,16,19). The van der Waals surface area contributed by atoms with Gasteiger partial charge >= 0.3 is 6.09 Å². The van der Waals surface area contributed by atoms with E-state index in [4.69, 9.17) is 10.5 Å². The molecule has 0 radical (unpaired) electrons. The molecule has 1 atom stereocenters. The summed E-state index contributed by atoms with van der Waals surface area (Å²) < 4.78 is 4.87. The van der Waals surface area contributed by atoms with E-state index < -0.39 is 6.09 Å². The minimum atomic E-state index is -0.435. The second kappa shape index (κ2) is 6.75. The molecule has 8 heteroatoms. The highest BCUT2D eigenvalue weighted by molar-refractivity contribution is 7.17. The van der Waals surface area contributed by atoms with Gasteiger partial charge in [0.05, 0.1) is 12.3 Å². The number of anilines is 1. The molecule has 7 nitrogen and oxygen atoms in total. The minimum Gasteiger partial charge on any atom is -0.450 e. The Morgan fingerprint density at radius 1 is 1.57 bits per heavy atom. The maximum atomic E-state index is 12.5. The van der Waals surface area contributed by atoms with E-state index in [0.29, 0.717) is 35.4 Å². The number of aromatic nitrogens is 1. The first-order valence-electron chi connectivity index (χ1n) is 6.96. The highest BCUT2D eigenvalue weighted by Gasteiger charge is 2.27. The Hall–Kier alpha value is -1.83. The number of ether oxygens (including phenoxy) is 1. The predicted octanol–water partition coefficient (Wildman–Crippen LogP) is 1.38. The summed E-state index contributed by atoms with van der Waals surface area (Å²) in [5, 5.41) is 3.18. The number of thiazole rings is 1. The first kappa shape index (κ1) is 15.6. The third-order valence-corrected chi connectivity index (χ3v) is 4.29. The minimum absolute atomic E-state index is 0.0722. The van der Waals surface area contributed by atoms with Gasteiger partial charge in [-0.05, 0) is 26.7 Å². The molecule has 1 aliphatic heterocycles. The van der Waals surface area contributed by atoms with E-state index in [0.717, 1.165) is 12.8 Å².